The molecule has 106 valence electrons. The Hall–Kier alpha value is -0.980. The van der Waals surface area contributed by atoms with E-state index >= 15 is 0 Å². The van der Waals surface area contributed by atoms with Gasteiger partial charge in [0, 0.05) is 18.2 Å². The third-order valence-electron chi connectivity index (χ3n) is 2.71. The Labute approximate surface area is 120 Å². The van der Waals surface area contributed by atoms with Crippen LogP contribution in [0.3, 0.4) is 0 Å². The van der Waals surface area contributed by atoms with Gasteiger partial charge in [-0.15, -0.1) is 0 Å². The molecule has 1 atom stereocenters. The number of carbonyl (C=O) groups excluding carboxylic acids is 1. The van der Waals surface area contributed by atoms with Crippen LogP contribution in [0.5, 0.6) is 0 Å². The molecule has 0 aliphatic carbocycles. The minimum Gasteiger partial charge on any atom is -0.396 e. The number of rotatable bonds is 6. The molecule has 0 fully saturated rings. The molecule has 0 saturated carbocycles. The molecule has 19 heavy (non-hydrogen) atoms. The number of hydrogen-bond acceptors (Lipinski definition) is 3. The Morgan fingerprint density at radius 3 is 2.84 bits per heavy atom. The van der Waals surface area contributed by atoms with Crippen molar-refractivity contribution in [2.24, 2.45) is 0 Å². The lowest BCUT2D eigenvalue weighted by Gasteiger charge is -2.29. The smallest absolute Gasteiger partial charge is 0.253 e. The van der Waals surface area contributed by atoms with E-state index in [4.69, 9.17) is 9.84 Å². The quantitative estimate of drug-likeness (QED) is 0.838. The number of nitrogens with one attached hydrogen (secondary N) is 1. The van der Waals surface area contributed by atoms with Gasteiger partial charge in [0.15, 0.2) is 0 Å². The summed E-state index contributed by atoms with van der Waals surface area (Å²) in [7, 11) is 1.51. The average molecular weight is 334 g/mol. The lowest BCUT2D eigenvalue weighted by molar-refractivity contribution is 0.0724. The molecule has 0 heterocycles. The van der Waals surface area contributed by atoms with Gasteiger partial charge in [-0.05, 0) is 47.5 Å². The third kappa shape index (κ3) is 4.56. The molecule has 0 aliphatic heterocycles. The summed E-state index contributed by atoms with van der Waals surface area (Å²) < 4.78 is 18.7. The van der Waals surface area contributed by atoms with E-state index in [1.807, 2.05) is 0 Å². The summed E-state index contributed by atoms with van der Waals surface area (Å²) in [5.41, 5.74) is -0.493. The highest BCUT2D eigenvalue weighted by Crippen LogP contribution is 2.19. The van der Waals surface area contributed by atoms with Gasteiger partial charge in [0.2, 0.25) is 0 Å². The summed E-state index contributed by atoms with van der Waals surface area (Å²) in [6.07, 6.45) is 0.347. The van der Waals surface area contributed by atoms with Crippen LogP contribution in [0.1, 0.15) is 23.7 Å². The molecule has 1 rings (SSSR count). The predicted molar refractivity (Wildman–Crippen MR) is 73.6 cm³/mol. The van der Waals surface area contributed by atoms with Gasteiger partial charge in [0.05, 0.1) is 17.7 Å². The average Bonchev–Trinajstić information content (AvgIpc) is 2.32. The first kappa shape index (κ1) is 16.1. The van der Waals surface area contributed by atoms with Crippen molar-refractivity contribution < 1.29 is 19.0 Å². The minimum absolute atomic E-state index is 0.0789. The standard InChI is InChI=1S/C13H17BrFNO3/c1-13(5-6-17,8-19-2)16-12(18)10-7-9(15)3-4-11(10)14/h3-4,7,17H,5-6,8H2,1-2H3,(H,16,18). The van der Waals surface area contributed by atoms with Gasteiger partial charge < -0.3 is 15.2 Å². The zero-order valence-corrected chi connectivity index (χ0v) is 12.5. The Kier molecular flexibility index (Phi) is 5.90. The van der Waals surface area contributed by atoms with Crippen LogP contribution in [-0.4, -0.2) is 36.9 Å². The maximum Gasteiger partial charge on any atom is 0.253 e. The van der Waals surface area contributed by atoms with Gasteiger partial charge in [-0.1, -0.05) is 0 Å². The molecular weight excluding hydrogens is 317 g/mol. The van der Waals surface area contributed by atoms with E-state index in [1.165, 1.54) is 19.2 Å². The number of amides is 1. The van der Waals surface area contributed by atoms with E-state index < -0.39 is 17.3 Å². The highest BCUT2D eigenvalue weighted by molar-refractivity contribution is 9.10. The fourth-order valence-electron chi connectivity index (χ4n) is 1.75. The van der Waals surface area contributed by atoms with Crippen molar-refractivity contribution in [3.63, 3.8) is 0 Å². The topological polar surface area (TPSA) is 58.6 Å². The van der Waals surface area contributed by atoms with Crippen molar-refractivity contribution in [2.45, 2.75) is 18.9 Å². The van der Waals surface area contributed by atoms with Crippen LogP contribution >= 0.6 is 15.9 Å². The van der Waals surface area contributed by atoms with Crippen molar-refractivity contribution in [2.75, 3.05) is 20.3 Å². The van der Waals surface area contributed by atoms with Crippen LogP contribution in [0.4, 0.5) is 4.39 Å². The van der Waals surface area contributed by atoms with Gasteiger partial charge in [0.25, 0.3) is 5.91 Å². The Morgan fingerprint density at radius 1 is 1.58 bits per heavy atom. The van der Waals surface area contributed by atoms with Crippen molar-refractivity contribution in [3.8, 4) is 0 Å². The predicted octanol–water partition coefficient (Wildman–Crippen LogP) is 2.11. The number of ether oxygens (including phenoxy) is 1. The number of aliphatic hydroxyl groups is 1. The first-order valence-corrected chi connectivity index (χ1v) is 6.58. The lowest BCUT2D eigenvalue weighted by atomic mass is 9.98. The largest absolute Gasteiger partial charge is 0.396 e. The number of methoxy groups -OCH3 is 1. The Morgan fingerprint density at radius 2 is 2.26 bits per heavy atom. The van der Waals surface area contributed by atoms with Gasteiger partial charge in [0.1, 0.15) is 5.82 Å². The maximum absolute atomic E-state index is 13.2. The molecular formula is C13H17BrFNO3. The molecule has 1 aromatic carbocycles. The summed E-state index contributed by atoms with van der Waals surface area (Å²) in [5.74, 6) is -0.900. The Bertz CT molecular complexity index is 448. The second-order valence-corrected chi connectivity index (χ2v) is 5.40. The van der Waals surface area contributed by atoms with Crippen molar-refractivity contribution in [1.82, 2.24) is 5.32 Å². The van der Waals surface area contributed by atoms with Crippen LogP contribution in [0, 0.1) is 5.82 Å². The molecule has 0 saturated heterocycles. The molecule has 6 heteroatoms. The molecule has 0 aliphatic rings. The molecule has 2 N–H and O–H groups in total. The third-order valence-corrected chi connectivity index (χ3v) is 3.41. The first-order valence-electron chi connectivity index (χ1n) is 5.79. The summed E-state index contributed by atoms with van der Waals surface area (Å²) in [6, 6.07) is 3.90. The number of benzene rings is 1. The van der Waals surface area contributed by atoms with Gasteiger partial charge in [-0.3, -0.25) is 4.79 Å². The molecule has 1 unspecified atom stereocenters. The second-order valence-electron chi connectivity index (χ2n) is 4.55. The van der Waals surface area contributed by atoms with E-state index in [1.54, 1.807) is 6.92 Å². The van der Waals surface area contributed by atoms with Crippen LogP contribution in [0.25, 0.3) is 0 Å². The highest BCUT2D eigenvalue weighted by atomic mass is 79.9. The number of aliphatic hydroxyl groups excluding tert-OH is 1. The van der Waals surface area contributed by atoms with E-state index in [9.17, 15) is 9.18 Å². The molecule has 1 amide bonds. The Balaban J connectivity index is 2.90. The van der Waals surface area contributed by atoms with E-state index in [0.717, 1.165) is 6.07 Å². The minimum atomic E-state index is -0.702. The molecule has 0 spiro atoms. The summed E-state index contributed by atoms with van der Waals surface area (Å²) in [6.45, 7) is 1.94. The van der Waals surface area contributed by atoms with E-state index in [0.29, 0.717) is 10.9 Å². The first-order chi connectivity index (χ1) is 8.91. The van der Waals surface area contributed by atoms with Crippen LogP contribution < -0.4 is 5.32 Å². The van der Waals surface area contributed by atoms with Crippen molar-refractivity contribution in [3.05, 3.63) is 34.1 Å². The van der Waals surface area contributed by atoms with Gasteiger partial charge >= 0.3 is 0 Å². The van der Waals surface area contributed by atoms with Crippen LogP contribution in [-0.2, 0) is 4.74 Å². The maximum atomic E-state index is 13.2. The number of hydrogen-bond donors (Lipinski definition) is 2. The summed E-state index contributed by atoms with van der Waals surface area (Å²) >= 11 is 3.21. The van der Waals surface area contributed by atoms with Crippen molar-refractivity contribution >= 4 is 21.8 Å². The summed E-state index contributed by atoms with van der Waals surface area (Å²) in [4.78, 5) is 12.1. The normalized spacial score (nSPS) is 13.9. The second kappa shape index (κ2) is 6.98. The number of carbonyl (C=O) groups is 1. The van der Waals surface area contributed by atoms with Crippen LogP contribution in [0.2, 0.25) is 0 Å². The van der Waals surface area contributed by atoms with Gasteiger partial charge in [-0.25, -0.2) is 4.39 Å². The molecule has 4 nitrogen and oxygen atoms in total. The van der Waals surface area contributed by atoms with Gasteiger partial charge in [-0.2, -0.15) is 0 Å². The van der Waals surface area contributed by atoms with E-state index in [2.05, 4.69) is 21.2 Å². The zero-order valence-electron chi connectivity index (χ0n) is 10.9. The molecule has 1 aromatic rings. The number of halogens is 2. The zero-order chi connectivity index (χ0) is 14.5. The molecule has 0 bridgehead atoms. The SMILES string of the molecule is COCC(C)(CCO)NC(=O)c1cc(F)ccc1Br. The lowest BCUT2D eigenvalue weighted by Crippen LogP contribution is -2.50. The monoisotopic (exact) mass is 333 g/mol. The fraction of sp³-hybridized carbons (Fsp3) is 0.462. The molecule has 0 aromatic heterocycles. The summed E-state index contributed by atoms with van der Waals surface area (Å²) in [5, 5.41) is 11.8. The van der Waals surface area contributed by atoms with E-state index in [-0.39, 0.29) is 18.8 Å². The van der Waals surface area contributed by atoms with Crippen molar-refractivity contribution in [1.29, 1.82) is 0 Å². The fourth-order valence-corrected chi connectivity index (χ4v) is 2.18. The highest BCUT2D eigenvalue weighted by Gasteiger charge is 2.27. The van der Waals surface area contributed by atoms with Crippen LogP contribution in [0.15, 0.2) is 22.7 Å². The molecule has 0 radical (unpaired) electrons.